The van der Waals surface area contributed by atoms with E-state index in [4.69, 9.17) is 0 Å². The molecule has 0 spiro atoms. The van der Waals surface area contributed by atoms with Gasteiger partial charge in [-0.2, -0.15) is 0 Å². The number of carbonyl (C=O) groups is 2. The molecule has 0 fully saturated rings. The van der Waals surface area contributed by atoms with Crippen LogP contribution < -0.4 is 5.32 Å². The fraction of sp³-hybridized carbons (Fsp3) is 0.238. The number of carbonyl (C=O) groups excluding carboxylic acids is 2. The van der Waals surface area contributed by atoms with Gasteiger partial charge in [0.1, 0.15) is 0 Å². The molecule has 0 saturated carbocycles. The fourth-order valence-corrected chi connectivity index (χ4v) is 5.18. The van der Waals surface area contributed by atoms with Crippen LogP contribution in [0.3, 0.4) is 0 Å². The van der Waals surface area contributed by atoms with Crippen molar-refractivity contribution in [2.45, 2.75) is 26.3 Å². The normalized spacial score (nSPS) is 16.1. The van der Waals surface area contributed by atoms with Crippen LogP contribution in [-0.4, -0.2) is 23.3 Å². The Kier molecular flexibility index (Phi) is 4.85. The van der Waals surface area contributed by atoms with E-state index in [1.54, 1.807) is 27.6 Å². The molecule has 4 nitrogen and oxygen atoms in total. The molecular formula is C21H20N2O2S2. The minimum Gasteiger partial charge on any atom is -0.322 e. The lowest BCUT2D eigenvalue weighted by molar-refractivity contribution is -0.144. The van der Waals surface area contributed by atoms with Crippen LogP contribution in [0.4, 0.5) is 5.69 Å². The second-order valence-electron chi connectivity index (χ2n) is 6.72. The van der Waals surface area contributed by atoms with Crippen LogP contribution >= 0.6 is 22.7 Å². The van der Waals surface area contributed by atoms with E-state index in [1.165, 1.54) is 4.88 Å². The smallest absolute Gasteiger partial charge is 0.313 e. The number of hydrogen-bond acceptors (Lipinski definition) is 4. The third-order valence-electron chi connectivity index (χ3n) is 5.00. The van der Waals surface area contributed by atoms with E-state index in [9.17, 15) is 9.59 Å². The molecule has 0 bridgehead atoms. The predicted molar refractivity (Wildman–Crippen MR) is 110 cm³/mol. The number of benzene rings is 1. The van der Waals surface area contributed by atoms with E-state index in [1.807, 2.05) is 49.6 Å². The van der Waals surface area contributed by atoms with Crippen molar-refractivity contribution in [1.82, 2.24) is 4.90 Å². The number of nitrogens with one attached hydrogen (secondary N) is 1. The minimum absolute atomic E-state index is 0.182. The Morgan fingerprint density at radius 3 is 2.67 bits per heavy atom. The third-order valence-corrected chi connectivity index (χ3v) is 6.92. The highest BCUT2D eigenvalue weighted by atomic mass is 32.1. The molecule has 6 heteroatoms. The average Bonchev–Trinajstić information content (AvgIpc) is 3.34. The minimum atomic E-state index is -0.585. The van der Waals surface area contributed by atoms with E-state index in [2.05, 4.69) is 16.8 Å². The lowest BCUT2D eigenvalue weighted by Gasteiger charge is -2.35. The van der Waals surface area contributed by atoms with E-state index in [-0.39, 0.29) is 6.04 Å². The quantitative estimate of drug-likeness (QED) is 0.647. The van der Waals surface area contributed by atoms with Gasteiger partial charge in [0.15, 0.2) is 0 Å². The van der Waals surface area contributed by atoms with Gasteiger partial charge in [-0.25, -0.2) is 0 Å². The summed E-state index contributed by atoms with van der Waals surface area (Å²) in [5.41, 5.74) is 4.02. The van der Waals surface area contributed by atoms with Gasteiger partial charge in [-0.3, -0.25) is 9.59 Å². The van der Waals surface area contributed by atoms with Crippen LogP contribution in [0.2, 0.25) is 0 Å². The fourth-order valence-electron chi connectivity index (χ4n) is 3.42. The first-order chi connectivity index (χ1) is 13.0. The van der Waals surface area contributed by atoms with Gasteiger partial charge in [0.05, 0.1) is 6.04 Å². The second kappa shape index (κ2) is 7.29. The van der Waals surface area contributed by atoms with Crippen molar-refractivity contribution in [1.29, 1.82) is 0 Å². The summed E-state index contributed by atoms with van der Waals surface area (Å²) in [6, 6.07) is 11.6. The number of rotatable bonds is 2. The van der Waals surface area contributed by atoms with E-state index in [0.29, 0.717) is 12.2 Å². The van der Waals surface area contributed by atoms with E-state index >= 15 is 0 Å². The molecule has 3 aromatic rings. The zero-order valence-corrected chi connectivity index (χ0v) is 16.8. The summed E-state index contributed by atoms with van der Waals surface area (Å²) < 4.78 is 0. The SMILES string of the molecule is Cc1ccc(NC(=O)C(=O)N2CCc3sccc3[C@@H]2c2cccs2)cc1C. The molecule has 1 aliphatic rings. The predicted octanol–water partition coefficient (Wildman–Crippen LogP) is 4.54. The third kappa shape index (κ3) is 3.42. The number of aryl methyl sites for hydroxylation is 2. The Balaban J connectivity index is 1.60. The van der Waals surface area contributed by atoms with Crippen LogP contribution in [0.1, 0.15) is 32.5 Å². The van der Waals surface area contributed by atoms with E-state index < -0.39 is 11.8 Å². The van der Waals surface area contributed by atoms with Crippen LogP contribution in [-0.2, 0) is 16.0 Å². The van der Waals surface area contributed by atoms with E-state index in [0.717, 1.165) is 28.0 Å². The summed E-state index contributed by atoms with van der Waals surface area (Å²) in [6.45, 7) is 4.56. The monoisotopic (exact) mass is 396 g/mol. The molecule has 3 heterocycles. The Hall–Kier alpha value is -2.44. The Morgan fingerprint density at radius 1 is 1.07 bits per heavy atom. The number of anilines is 1. The van der Waals surface area contributed by atoms with Crippen LogP contribution in [0, 0.1) is 13.8 Å². The first kappa shape index (κ1) is 17.9. The van der Waals surface area contributed by atoms with Crippen LogP contribution in [0.15, 0.2) is 47.2 Å². The molecular weight excluding hydrogens is 376 g/mol. The zero-order valence-electron chi connectivity index (χ0n) is 15.2. The maximum Gasteiger partial charge on any atom is 0.313 e. The van der Waals surface area contributed by atoms with Crippen molar-refractivity contribution >= 4 is 40.2 Å². The van der Waals surface area contributed by atoms with Crippen molar-refractivity contribution in [3.05, 3.63) is 73.6 Å². The van der Waals surface area contributed by atoms with Crippen molar-refractivity contribution in [3.8, 4) is 0 Å². The van der Waals surface area contributed by atoms with Crippen molar-refractivity contribution in [2.24, 2.45) is 0 Å². The summed E-state index contributed by atoms with van der Waals surface area (Å²) in [6.07, 6.45) is 0.789. The highest BCUT2D eigenvalue weighted by Gasteiger charge is 2.36. The number of thiophene rings is 2. The largest absolute Gasteiger partial charge is 0.322 e. The van der Waals surface area contributed by atoms with Gasteiger partial charge >= 0.3 is 11.8 Å². The van der Waals surface area contributed by atoms with Gasteiger partial charge in [-0.15, -0.1) is 22.7 Å². The summed E-state index contributed by atoms with van der Waals surface area (Å²) in [7, 11) is 0. The number of hydrogen-bond donors (Lipinski definition) is 1. The topological polar surface area (TPSA) is 49.4 Å². The molecule has 1 aliphatic heterocycles. The molecule has 0 unspecified atom stereocenters. The summed E-state index contributed by atoms with van der Waals surface area (Å²) in [5, 5.41) is 6.84. The first-order valence-electron chi connectivity index (χ1n) is 8.83. The molecule has 0 radical (unpaired) electrons. The van der Waals surface area contributed by atoms with Gasteiger partial charge in [0, 0.05) is 22.0 Å². The number of nitrogens with zero attached hydrogens (tertiary/aromatic N) is 1. The summed E-state index contributed by atoms with van der Waals surface area (Å²) in [5.74, 6) is -1.07. The number of fused-ring (bicyclic) bond motifs is 1. The molecule has 1 N–H and O–H groups in total. The molecule has 2 amide bonds. The summed E-state index contributed by atoms with van der Waals surface area (Å²) >= 11 is 3.34. The molecule has 0 saturated heterocycles. The van der Waals surface area contributed by atoms with Crippen LogP contribution in [0.25, 0.3) is 0 Å². The Bertz CT molecular complexity index is 992. The molecule has 1 atom stereocenters. The van der Waals surface area contributed by atoms with Crippen molar-refractivity contribution in [2.75, 3.05) is 11.9 Å². The summed E-state index contributed by atoms with van der Waals surface area (Å²) in [4.78, 5) is 29.8. The van der Waals surface area contributed by atoms with Gasteiger partial charge in [-0.1, -0.05) is 12.1 Å². The lowest BCUT2D eigenvalue weighted by Crippen LogP contribution is -2.45. The first-order valence-corrected chi connectivity index (χ1v) is 10.6. The standard InChI is InChI=1S/C21H20N2O2S2/c1-13-5-6-15(12-14(13)2)22-20(24)21(25)23-9-7-17-16(8-11-27-17)19(23)18-4-3-10-26-18/h3-6,8,10-12,19H,7,9H2,1-2H3,(H,22,24)/t19-/m1/s1. The lowest BCUT2D eigenvalue weighted by atomic mass is 9.98. The molecule has 1 aromatic carbocycles. The molecule has 138 valence electrons. The highest BCUT2D eigenvalue weighted by Crippen LogP contribution is 2.39. The van der Waals surface area contributed by atoms with Crippen molar-refractivity contribution in [3.63, 3.8) is 0 Å². The van der Waals surface area contributed by atoms with Gasteiger partial charge < -0.3 is 10.2 Å². The van der Waals surface area contributed by atoms with Crippen LogP contribution in [0.5, 0.6) is 0 Å². The number of amides is 2. The molecule has 4 rings (SSSR count). The Morgan fingerprint density at radius 2 is 1.93 bits per heavy atom. The average molecular weight is 397 g/mol. The van der Waals surface area contributed by atoms with Gasteiger partial charge in [-0.05, 0) is 72.0 Å². The Labute approximate surface area is 166 Å². The highest BCUT2D eigenvalue weighted by molar-refractivity contribution is 7.10. The molecule has 0 aliphatic carbocycles. The van der Waals surface area contributed by atoms with Gasteiger partial charge in [0.25, 0.3) is 0 Å². The molecule has 2 aromatic heterocycles. The van der Waals surface area contributed by atoms with Gasteiger partial charge in [0.2, 0.25) is 0 Å². The molecule has 27 heavy (non-hydrogen) atoms. The zero-order chi connectivity index (χ0) is 19.0. The maximum absolute atomic E-state index is 13.0. The van der Waals surface area contributed by atoms with Crippen molar-refractivity contribution < 1.29 is 9.59 Å². The maximum atomic E-state index is 13.0. The second-order valence-corrected chi connectivity index (χ2v) is 8.70.